The molecule has 0 aliphatic rings. The molecule has 4 nitrogen and oxygen atoms in total. The first-order valence-corrected chi connectivity index (χ1v) is 13.9. The van der Waals surface area contributed by atoms with E-state index in [9.17, 15) is 4.21 Å². The lowest BCUT2D eigenvalue weighted by Gasteiger charge is -2.17. The lowest BCUT2D eigenvalue weighted by molar-refractivity contribution is 0.558. The van der Waals surface area contributed by atoms with Crippen LogP contribution in [0.4, 0.5) is 5.69 Å². The summed E-state index contributed by atoms with van der Waals surface area (Å²) in [4.78, 5) is 0.713. The van der Waals surface area contributed by atoms with Crippen molar-refractivity contribution in [2.45, 2.75) is 18.7 Å². The van der Waals surface area contributed by atoms with Gasteiger partial charge in [-0.2, -0.15) is 4.36 Å². The van der Waals surface area contributed by atoms with Crippen LogP contribution >= 0.6 is 7.92 Å². The fourth-order valence-corrected chi connectivity index (χ4v) is 7.51. The predicted octanol–water partition coefficient (Wildman–Crippen LogP) is 6.19. The van der Waals surface area contributed by atoms with Crippen molar-refractivity contribution in [2.24, 2.45) is 4.36 Å². The zero-order valence-electron chi connectivity index (χ0n) is 18.7. The van der Waals surface area contributed by atoms with Gasteiger partial charge in [0, 0.05) is 21.8 Å². The van der Waals surface area contributed by atoms with Gasteiger partial charge in [-0.05, 0) is 61.7 Å². The third-order valence-electron chi connectivity index (χ3n) is 5.45. The minimum atomic E-state index is -2.63. The molecule has 0 bridgehead atoms. The van der Waals surface area contributed by atoms with Gasteiger partial charge in [0.1, 0.15) is 22.5 Å². The Morgan fingerprint density at radius 3 is 1.91 bits per heavy atom. The number of hydrogen-bond donors (Lipinski definition) is 0. The number of hydrogen-bond acceptors (Lipinski definition) is 4. The molecule has 0 radical (unpaired) electrons. The molecule has 166 valence electrons. The van der Waals surface area contributed by atoms with E-state index in [4.69, 9.17) is 13.2 Å². The van der Waals surface area contributed by atoms with Gasteiger partial charge in [-0.25, -0.2) is 4.21 Å². The molecule has 0 saturated carbocycles. The van der Waals surface area contributed by atoms with Gasteiger partial charge in [0.15, 0.2) is 0 Å². The van der Waals surface area contributed by atoms with E-state index < -0.39 is 17.7 Å². The highest BCUT2D eigenvalue weighted by Crippen LogP contribution is 2.40. The van der Waals surface area contributed by atoms with Crippen molar-refractivity contribution in [1.82, 2.24) is 0 Å². The smallest absolute Gasteiger partial charge is 0.138 e. The average molecular weight is 474 g/mol. The fourth-order valence-electron chi connectivity index (χ4n) is 3.91. The zero-order chi connectivity index (χ0) is 23.0. The van der Waals surface area contributed by atoms with Crippen LogP contribution in [-0.4, -0.2) is 10.5 Å². The van der Waals surface area contributed by atoms with E-state index in [1.807, 2.05) is 86.6 Å². The van der Waals surface area contributed by atoms with Crippen molar-refractivity contribution in [3.8, 4) is 0 Å². The SMILES string of the molecule is Cc1ccc(P(c2ccc(C)o2)c2cccc3cccc(N=S(C)(=O)c4ccccc4)c23)o1. The normalized spacial score (nSPS) is 13.3. The number of nitrogens with zero attached hydrogens (tertiary/aromatic N) is 1. The van der Waals surface area contributed by atoms with Gasteiger partial charge in [0.05, 0.1) is 23.3 Å². The number of benzene rings is 3. The van der Waals surface area contributed by atoms with Crippen LogP contribution in [0.3, 0.4) is 0 Å². The fraction of sp³-hybridized carbons (Fsp3) is 0.111. The van der Waals surface area contributed by atoms with E-state index in [2.05, 4.69) is 18.2 Å². The molecule has 5 rings (SSSR count). The van der Waals surface area contributed by atoms with Crippen LogP contribution in [0.2, 0.25) is 0 Å². The maximum absolute atomic E-state index is 13.6. The number of rotatable bonds is 5. The molecule has 2 aromatic heterocycles. The Bertz CT molecular complexity index is 1510. The number of furan rings is 2. The highest BCUT2D eigenvalue weighted by Gasteiger charge is 2.26. The second kappa shape index (κ2) is 8.66. The van der Waals surface area contributed by atoms with Crippen LogP contribution < -0.4 is 16.3 Å². The molecule has 0 N–H and O–H groups in total. The topological polar surface area (TPSA) is 55.7 Å². The minimum Gasteiger partial charge on any atom is -0.461 e. The molecule has 3 aromatic carbocycles. The largest absolute Gasteiger partial charge is 0.461 e. The molecule has 0 spiro atoms. The molecule has 1 unspecified atom stereocenters. The van der Waals surface area contributed by atoms with E-state index in [0.29, 0.717) is 10.6 Å². The summed E-state index contributed by atoms with van der Waals surface area (Å²) in [7, 11) is -3.74. The van der Waals surface area contributed by atoms with E-state index in [-0.39, 0.29) is 0 Å². The van der Waals surface area contributed by atoms with E-state index in [0.717, 1.165) is 38.6 Å². The summed E-state index contributed by atoms with van der Waals surface area (Å²) < 4.78 is 30.6. The van der Waals surface area contributed by atoms with Crippen molar-refractivity contribution in [2.75, 3.05) is 6.26 Å². The van der Waals surface area contributed by atoms with Crippen LogP contribution in [0, 0.1) is 13.8 Å². The summed E-state index contributed by atoms with van der Waals surface area (Å²) in [5.41, 5.74) is 2.43. The van der Waals surface area contributed by atoms with Crippen LogP contribution in [0.15, 0.2) is 109 Å². The highest BCUT2D eigenvalue weighted by molar-refractivity contribution is 7.93. The average Bonchev–Trinajstić information content (AvgIpc) is 3.43. The molecule has 0 fully saturated rings. The molecule has 0 saturated heterocycles. The number of fused-ring (bicyclic) bond motifs is 1. The van der Waals surface area contributed by atoms with Crippen LogP contribution in [0.25, 0.3) is 10.8 Å². The summed E-state index contributed by atoms with van der Waals surface area (Å²) in [5, 5.41) is 3.07. The molecule has 2 heterocycles. The monoisotopic (exact) mass is 473 g/mol. The molecule has 0 aliphatic heterocycles. The first kappa shape index (κ1) is 21.7. The van der Waals surface area contributed by atoms with Crippen molar-refractivity contribution in [1.29, 1.82) is 0 Å². The quantitative estimate of drug-likeness (QED) is 0.286. The van der Waals surface area contributed by atoms with Gasteiger partial charge in [-0.15, -0.1) is 0 Å². The maximum Gasteiger partial charge on any atom is 0.138 e. The Morgan fingerprint density at radius 2 is 1.33 bits per heavy atom. The maximum atomic E-state index is 13.6. The van der Waals surface area contributed by atoms with Crippen molar-refractivity contribution >= 4 is 50.4 Å². The van der Waals surface area contributed by atoms with Crippen molar-refractivity contribution in [3.63, 3.8) is 0 Å². The first-order chi connectivity index (χ1) is 15.9. The van der Waals surface area contributed by atoms with Crippen LogP contribution in [-0.2, 0) is 9.73 Å². The molecule has 5 aromatic rings. The third-order valence-corrected chi connectivity index (χ3v) is 9.36. The summed E-state index contributed by atoms with van der Waals surface area (Å²) in [5.74, 6) is 1.71. The highest BCUT2D eigenvalue weighted by atomic mass is 32.2. The summed E-state index contributed by atoms with van der Waals surface area (Å²) in [6.45, 7) is 3.89. The Hall–Kier alpha value is -3.14. The summed E-state index contributed by atoms with van der Waals surface area (Å²) >= 11 is 0. The van der Waals surface area contributed by atoms with Gasteiger partial charge in [0.2, 0.25) is 0 Å². The van der Waals surface area contributed by atoms with E-state index >= 15 is 0 Å². The second-order valence-corrected chi connectivity index (χ2v) is 12.3. The molecule has 0 aliphatic carbocycles. The Labute approximate surface area is 195 Å². The lowest BCUT2D eigenvalue weighted by atomic mass is 10.1. The standard InChI is InChI=1S/C27H24NO3PS/c1-19-15-17-25(30-19)32(26-18-16-20(2)31-26)24-14-8-10-21-9-7-13-23(27(21)24)28-33(3,29)22-11-5-4-6-12-22/h4-18H,1-3H3. The van der Waals surface area contributed by atoms with E-state index in [1.54, 1.807) is 6.26 Å². The molecule has 33 heavy (non-hydrogen) atoms. The third kappa shape index (κ3) is 4.27. The van der Waals surface area contributed by atoms with Crippen LogP contribution in [0.5, 0.6) is 0 Å². The summed E-state index contributed by atoms with van der Waals surface area (Å²) in [6.07, 6.45) is 1.69. The predicted molar refractivity (Wildman–Crippen MR) is 138 cm³/mol. The first-order valence-electron chi connectivity index (χ1n) is 10.6. The summed E-state index contributed by atoms with van der Waals surface area (Å²) in [6, 6.07) is 29.6. The molecule has 1 atom stereocenters. The molecular weight excluding hydrogens is 449 g/mol. The van der Waals surface area contributed by atoms with Gasteiger partial charge in [-0.1, -0.05) is 48.5 Å². The molecule has 6 heteroatoms. The van der Waals surface area contributed by atoms with Gasteiger partial charge in [-0.3, -0.25) is 0 Å². The molecule has 0 amide bonds. The zero-order valence-corrected chi connectivity index (χ0v) is 20.4. The van der Waals surface area contributed by atoms with Gasteiger partial charge < -0.3 is 8.83 Å². The molecular formula is C27H24NO3PS. The van der Waals surface area contributed by atoms with Crippen LogP contribution in [0.1, 0.15) is 11.5 Å². The van der Waals surface area contributed by atoms with Crippen molar-refractivity contribution in [3.05, 3.63) is 103 Å². The van der Waals surface area contributed by atoms with E-state index in [1.165, 1.54) is 0 Å². The van der Waals surface area contributed by atoms with Crippen molar-refractivity contribution < 1.29 is 13.0 Å². The second-order valence-electron chi connectivity index (χ2n) is 7.96. The van der Waals surface area contributed by atoms with Gasteiger partial charge >= 0.3 is 0 Å². The minimum absolute atomic E-state index is 0.707. The van der Waals surface area contributed by atoms with Gasteiger partial charge in [0.25, 0.3) is 0 Å². The number of aryl methyl sites for hydroxylation is 2. The Balaban J connectivity index is 1.79. The Kier molecular flexibility index (Phi) is 5.69. The lowest BCUT2D eigenvalue weighted by Crippen LogP contribution is -2.19. The Morgan fingerprint density at radius 1 is 0.727 bits per heavy atom.